The Morgan fingerprint density at radius 2 is 1.87 bits per heavy atom. The van der Waals surface area contributed by atoms with Crippen LogP contribution in [0.4, 0.5) is 4.79 Å². The molecule has 0 saturated carbocycles. The van der Waals surface area contributed by atoms with Crippen LogP contribution in [0.5, 0.6) is 0 Å². The summed E-state index contributed by atoms with van der Waals surface area (Å²) in [5, 5.41) is 8.63. The fraction of sp³-hybridized carbons (Fsp3) is 0.778. The number of carbonyl (C=O) groups is 2. The number of ether oxygens (including phenoxy) is 2. The molecule has 0 aliphatic rings. The maximum Gasteiger partial charge on any atom is 0.508 e. The molecule has 88 valence electrons. The van der Waals surface area contributed by atoms with Crippen LogP contribution in [0.2, 0.25) is 0 Å². The van der Waals surface area contributed by atoms with Crippen molar-refractivity contribution in [1.82, 2.24) is 0 Å². The second-order valence-electron chi connectivity index (χ2n) is 4.26. The van der Waals surface area contributed by atoms with Gasteiger partial charge in [-0.2, -0.15) is 0 Å². The third kappa shape index (κ3) is 7.75. The summed E-state index contributed by atoms with van der Waals surface area (Å²) >= 11 is 0. The first kappa shape index (κ1) is 13.7. The molecule has 0 bridgehead atoms. The second kappa shape index (κ2) is 5.55. The number of hydrogen-bond donors (Lipinski definition) is 1. The lowest BCUT2D eigenvalue weighted by atomic mass is 10.2. The van der Waals surface area contributed by atoms with E-state index in [1.165, 1.54) is 7.11 Å². The van der Waals surface area contributed by atoms with Gasteiger partial charge in [-0.05, 0) is 0 Å². The number of rotatable bonds is 5. The normalized spacial score (nSPS) is 13.1. The number of carboxylic acids is 1. The van der Waals surface area contributed by atoms with E-state index in [9.17, 15) is 9.59 Å². The molecule has 0 spiro atoms. The quantitative estimate of drug-likeness (QED) is 0.533. The molecule has 0 aromatic heterocycles. The molecule has 0 saturated heterocycles. The van der Waals surface area contributed by atoms with E-state index in [4.69, 9.17) is 9.84 Å². The van der Waals surface area contributed by atoms with Gasteiger partial charge in [0.1, 0.15) is 6.54 Å². The van der Waals surface area contributed by atoms with Crippen LogP contribution in [0.15, 0.2) is 0 Å². The zero-order valence-corrected chi connectivity index (χ0v) is 9.52. The Morgan fingerprint density at radius 1 is 1.33 bits per heavy atom. The van der Waals surface area contributed by atoms with E-state index >= 15 is 0 Å². The zero-order chi connectivity index (χ0) is 12.1. The highest BCUT2D eigenvalue weighted by atomic mass is 16.7. The first-order valence-corrected chi connectivity index (χ1v) is 4.51. The molecule has 0 aliphatic heterocycles. The van der Waals surface area contributed by atoms with Gasteiger partial charge < -0.3 is 19.1 Å². The molecule has 0 fully saturated rings. The molecule has 0 unspecified atom stereocenters. The second-order valence-corrected chi connectivity index (χ2v) is 4.26. The molecule has 0 aromatic rings. The number of carbonyl (C=O) groups excluding carboxylic acids is 1. The van der Waals surface area contributed by atoms with Gasteiger partial charge in [0.25, 0.3) is 0 Å². The van der Waals surface area contributed by atoms with Crippen molar-refractivity contribution in [2.24, 2.45) is 0 Å². The Balaban J connectivity index is 4.31. The van der Waals surface area contributed by atoms with Crippen molar-refractivity contribution < 1.29 is 28.7 Å². The van der Waals surface area contributed by atoms with Crippen LogP contribution in [-0.4, -0.2) is 62.6 Å². The van der Waals surface area contributed by atoms with Crippen molar-refractivity contribution in [3.8, 4) is 0 Å². The van der Waals surface area contributed by atoms with Gasteiger partial charge in [0.05, 0.1) is 34.7 Å². The van der Waals surface area contributed by atoms with Gasteiger partial charge in [0.2, 0.25) is 0 Å². The van der Waals surface area contributed by atoms with Crippen LogP contribution in [0.1, 0.15) is 6.42 Å². The average molecular weight is 220 g/mol. The molecule has 0 aromatic carbocycles. The van der Waals surface area contributed by atoms with Crippen molar-refractivity contribution in [3.05, 3.63) is 0 Å². The predicted molar refractivity (Wildman–Crippen MR) is 52.4 cm³/mol. The standard InChI is InChI=1S/C9H17NO5/c1-10(2,3)6-7(5-8(11)12)15-9(13)14-4/h7H,5-6H2,1-4H3/p+1/t7-/m0/s1. The summed E-state index contributed by atoms with van der Waals surface area (Å²) < 4.78 is 9.65. The summed E-state index contributed by atoms with van der Waals surface area (Å²) in [5.41, 5.74) is 0. The topological polar surface area (TPSA) is 72.8 Å². The number of quaternary nitrogens is 1. The summed E-state index contributed by atoms with van der Waals surface area (Å²) in [4.78, 5) is 21.4. The monoisotopic (exact) mass is 220 g/mol. The number of carboxylic acid groups (broad SMARTS) is 1. The lowest BCUT2D eigenvalue weighted by Crippen LogP contribution is -2.43. The minimum Gasteiger partial charge on any atom is -0.481 e. The molecule has 6 nitrogen and oxygen atoms in total. The van der Waals surface area contributed by atoms with E-state index < -0.39 is 18.2 Å². The highest BCUT2D eigenvalue weighted by Gasteiger charge is 2.24. The fourth-order valence-electron chi connectivity index (χ4n) is 1.13. The van der Waals surface area contributed by atoms with Crippen molar-refractivity contribution >= 4 is 12.1 Å². The summed E-state index contributed by atoms with van der Waals surface area (Å²) in [6, 6.07) is 0. The number of hydrogen-bond acceptors (Lipinski definition) is 4. The van der Waals surface area contributed by atoms with E-state index in [-0.39, 0.29) is 6.42 Å². The minimum absolute atomic E-state index is 0.218. The first-order chi connectivity index (χ1) is 6.74. The molecule has 0 heterocycles. The summed E-state index contributed by atoms with van der Waals surface area (Å²) in [6.07, 6.45) is -1.74. The Bertz CT molecular complexity index is 233. The van der Waals surface area contributed by atoms with Gasteiger partial charge in [0, 0.05) is 0 Å². The molecular formula is C9H18NO5+. The summed E-state index contributed by atoms with van der Waals surface area (Å²) in [5.74, 6) is -1.00. The van der Waals surface area contributed by atoms with Crippen LogP contribution in [0.25, 0.3) is 0 Å². The third-order valence-electron chi connectivity index (χ3n) is 1.58. The lowest BCUT2D eigenvalue weighted by molar-refractivity contribution is -0.873. The van der Waals surface area contributed by atoms with Crippen LogP contribution in [0, 0.1) is 0 Å². The number of nitrogens with zero attached hydrogens (tertiary/aromatic N) is 1. The Labute approximate surface area is 89.0 Å². The van der Waals surface area contributed by atoms with E-state index in [0.29, 0.717) is 11.0 Å². The fourth-order valence-corrected chi connectivity index (χ4v) is 1.13. The molecule has 1 atom stereocenters. The molecule has 0 radical (unpaired) electrons. The molecule has 0 rings (SSSR count). The molecular weight excluding hydrogens is 202 g/mol. The Morgan fingerprint density at radius 3 is 2.20 bits per heavy atom. The van der Waals surface area contributed by atoms with Crippen molar-refractivity contribution in [2.45, 2.75) is 12.5 Å². The first-order valence-electron chi connectivity index (χ1n) is 4.51. The van der Waals surface area contributed by atoms with E-state index in [2.05, 4.69) is 4.74 Å². The Hall–Kier alpha value is -1.30. The largest absolute Gasteiger partial charge is 0.508 e. The molecule has 0 aliphatic carbocycles. The van der Waals surface area contributed by atoms with Crippen molar-refractivity contribution in [1.29, 1.82) is 0 Å². The molecule has 1 N–H and O–H groups in total. The maximum atomic E-state index is 10.8. The number of likely N-dealkylation sites (N-methyl/N-ethyl adjacent to an activating group) is 1. The van der Waals surface area contributed by atoms with Gasteiger partial charge in [-0.25, -0.2) is 4.79 Å². The van der Waals surface area contributed by atoms with Gasteiger partial charge >= 0.3 is 12.1 Å². The van der Waals surface area contributed by atoms with Gasteiger partial charge in [-0.3, -0.25) is 4.79 Å². The van der Waals surface area contributed by atoms with Crippen LogP contribution >= 0.6 is 0 Å². The Kier molecular flexibility index (Phi) is 5.07. The number of methoxy groups -OCH3 is 1. The maximum absolute atomic E-state index is 10.8. The summed E-state index contributed by atoms with van der Waals surface area (Å²) in [6.45, 7) is 0.418. The predicted octanol–water partition coefficient (Wildman–Crippen LogP) is 0.319. The average Bonchev–Trinajstić information content (AvgIpc) is 1.99. The van der Waals surface area contributed by atoms with E-state index in [1.807, 2.05) is 21.1 Å². The molecule has 6 heteroatoms. The van der Waals surface area contributed by atoms with E-state index in [0.717, 1.165) is 0 Å². The van der Waals surface area contributed by atoms with Gasteiger partial charge in [-0.15, -0.1) is 0 Å². The van der Waals surface area contributed by atoms with Gasteiger partial charge in [-0.1, -0.05) is 0 Å². The molecule has 0 amide bonds. The number of aliphatic carboxylic acids is 1. The van der Waals surface area contributed by atoms with E-state index in [1.54, 1.807) is 0 Å². The minimum atomic E-state index is -1.00. The lowest BCUT2D eigenvalue weighted by Gasteiger charge is -2.27. The zero-order valence-electron chi connectivity index (χ0n) is 9.52. The highest BCUT2D eigenvalue weighted by molar-refractivity contribution is 5.68. The van der Waals surface area contributed by atoms with Crippen LogP contribution in [-0.2, 0) is 14.3 Å². The van der Waals surface area contributed by atoms with Crippen molar-refractivity contribution in [2.75, 3.05) is 34.8 Å². The van der Waals surface area contributed by atoms with Gasteiger partial charge in [0.15, 0.2) is 6.10 Å². The smallest absolute Gasteiger partial charge is 0.481 e. The molecule has 15 heavy (non-hydrogen) atoms. The van der Waals surface area contributed by atoms with Crippen LogP contribution in [0.3, 0.4) is 0 Å². The van der Waals surface area contributed by atoms with Crippen LogP contribution < -0.4 is 0 Å². The SMILES string of the molecule is COC(=O)O[C@@H](CC(=O)O)C[N+](C)(C)C. The summed E-state index contributed by atoms with van der Waals surface area (Å²) in [7, 11) is 6.84. The highest BCUT2D eigenvalue weighted by Crippen LogP contribution is 2.05. The third-order valence-corrected chi connectivity index (χ3v) is 1.58. The van der Waals surface area contributed by atoms with Crippen molar-refractivity contribution in [3.63, 3.8) is 0 Å².